The number of amides is 2. The van der Waals surface area contributed by atoms with Crippen LogP contribution in [0.25, 0.3) is 0 Å². The number of hydrogen-bond donors (Lipinski definition) is 2. The summed E-state index contributed by atoms with van der Waals surface area (Å²) < 4.78 is 4.75. The highest BCUT2D eigenvalue weighted by Crippen LogP contribution is 2.20. The van der Waals surface area contributed by atoms with Crippen LogP contribution in [-0.2, 0) is 16.0 Å². The van der Waals surface area contributed by atoms with Gasteiger partial charge in [-0.3, -0.25) is 9.78 Å². The summed E-state index contributed by atoms with van der Waals surface area (Å²) in [5.74, 6) is -0.0116. The van der Waals surface area contributed by atoms with E-state index in [1.807, 2.05) is 0 Å². The maximum absolute atomic E-state index is 11.7. The third kappa shape index (κ3) is 2.65. The highest BCUT2D eigenvalue weighted by atomic mass is 16.6. The summed E-state index contributed by atoms with van der Waals surface area (Å²) in [7, 11) is 0. The zero-order valence-corrected chi connectivity index (χ0v) is 9.90. The lowest BCUT2D eigenvalue weighted by atomic mass is 10.0. The Balaban J connectivity index is 2.06. The van der Waals surface area contributed by atoms with Crippen LogP contribution in [0.2, 0.25) is 0 Å². The van der Waals surface area contributed by atoms with Gasteiger partial charge >= 0.3 is 6.09 Å². The van der Waals surface area contributed by atoms with Gasteiger partial charge in [-0.05, 0) is 18.6 Å². The molecule has 2 heterocycles. The van der Waals surface area contributed by atoms with Gasteiger partial charge in [0.2, 0.25) is 5.91 Å². The van der Waals surface area contributed by atoms with Crippen LogP contribution in [0.3, 0.4) is 0 Å². The van der Waals surface area contributed by atoms with Gasteiger partial charge in [0.15, 0.2) is 0 Å². The predicted octanol–water partition coefficient (Wildman–Crippen LogP) is 1.20. The Kier molecular flexibility index (Phi) is 3.27. The lowest BCUT2D eigenvalue weighted by Gasteiger charge is -2.24. The number of nitrogens with one attached hydrogen (secondary N) is 2. The predicted molar refractivity (Wildman–Crippen MR) is 64.8 cm³/mol. The fraction of sp³-hybridized carbons (Fsp3) is 0.250. The van der Waals surface area contributed by atoms with Crippen LogP contribution >= 0.6 is 0 Å². The molecule has 0 aliphatic carbocycles. The first kappa shape index (κ1) is 12.1. The number of ether oxygens (including phenoxy) is 1. The van der Waals surface area contributed by atoms with E-state index < -0.39 is 12.1 Å². The number of fused-ring (bicyclic) bond motifs is 1. The van der Waals surface area contributed by atoms with Gasteiger partial charge in [-0.15, -0.1) is 0 Å². The molecule has 94 valence electrons. The molecule has 6 nitrogen and oxygen atoms in total. The largest absolute Gasteiger partial charge is 0.416 e. The molecule has 0 spiro atoms. The number of hydrogen-bond acceptors (Lipinski definition) is 4. The van der Waals surface area contributed by atoms with Crippen molar-refractivity contribution in [2.24, 2.45) is 0 Å². The van der Waals surface area contributed by atoms with Gasteiger partial charge in [0.25, 0.3) is 0 Å². The first-order valence-corrected chi connectivity index (χ1v) is 5.44. The number of anilines is 1. The summed E-state index contributed by atoms with van der Waals surface area (Å²) in [4.78, 5) is 27.1. The third-order valence-electron chi connectivity index (χ3n) is 2.47. The SMILES string of the molecule is C=C(C)OC(=O)NC1Cc2ccncc2NC1=O. The summed E-state index contributed by atoms with van der Waals surface area (Å²) in [6, 6.07) is 1.15. The maximum Gasteiger partial charge on any atom is 0.412 e. The number of carbonyl (C=O) groups excluding carboxylic acids is 2. The number of nitrogens with zero attached hydrogens (tertiary/aromatic N) is 1. The van der Waals surface area contributed by atoms with E-state index in [0.717, 1.165) is 5.56 Å². The van der Waals surface area contributed by atoms with E-state index in [0.29, 0.717) is 12.1 Å². The Morgan fingerprint density at radius 2 is 2.44 bits per heavy atom. The number of pyridine rings is 1. The average molecular weight is 247 g/mol. The summed E-state index contributed by atoms with van der Waals surface area (Å²) in [6.45, 7) is 5.01. The Morgan fingerprint density at radius 1 is 1.67 bits per heavy atom. The monoisotopic (exact) mass is 247 g/mol. The van der Waals surface area contributed by atoms with Crippen LogP contribution < -0.4 is 10.6 Å². The second-order valence-corrected chi connectivity index (χ2v) is 4.01. The lowest BCUT2D eigenvalue weighted by Crippen LogP contribution is -2.47. The first-order valence-electron chi connectivity index (χ1n) is 5.44. The molecule has 6 heteroatoms. The highest BCUT2D eigenvalue weighted by molar-refractivity contribution is 5.99. The molecule has 0 fully saturated rings. The normalized spacial score (nSPS) is 17.4. The van der Waals surface area contributed by atoms with Crippen LogP contribution in [0.1, 0.15) is 12.5 Å². The van der Waals surface area contributed by atoms with Gasteiger partial charge in [0.05, 0.1) is 17.6 Å². The van der Waals surface area contributed by atoms with Crippen molar-refractivity contribution in [3.8, 4) is 0 Å². The molecular weight excluding hydrogens is 234 g/mol. The van der Waals surface area contributed by atoms with E-state index in [9.17, 15) is 9.59 Å². The molecule has 0 radical (unpaired) electrons. The van der Waals surface area contributed by atoms with E-state index >= 15 is 0 Å². The molecule has 2 rings (SSSR count). The van der Waals surface area contributed by atoms with Gasteiger partial charge in [0.1, 0.15) is 6.04 Å². The van der Waals surface area contributed by atoms with Gasteiger partial charge in [-0.25, -0.2) is 4.79 Å². The van der Waals surface area contributed by atoms with E-state index in [4.69, 9.17) is 4.74 Å². The second-order valence-electron chi connectivity index (χ2n) is 4.01. The van der Waals surface area contributed by atoms with Crippen LogP contribution in [0.5, 0.6) is 0 Å². The van der Waals surface area contributed by atoms with Crippen molar-refractivity contribution >= 4 is 17.7 Å². The number of allylic oxidation sites excluding steroid dienone is 1. The first-order chi connectivity index (χ1) is 8.56. The topological polar surface area (TPSA) is 80.3 Å². The third-order valence-corrected chi connectivity index (χ3v) is 2.47. The summed E-state index contributed by atoms with van der Waals surface area (Å²) in [6.07, 6.45) is 2.95. The van der Waals surface area contributed by atoms with Gasteiger partial charge in [-0.1, -0.05) is 6.58 Å². The molecule has 1 aliphatic heterocycles. The van der Waals surface area contributed by atoms with Crippen LogP contribution in [0.15, 0.2) is 30.8 Å². The zero-order valence-electron chi connectivity index (χ0n) is 9.90. The second kappa shape index (κ2) is 4.87. The van der Waals surface area contributed by atoms with Gasteiger partial charge in [0, 0.05) is 12.6 Å². The fourth-order valence-electron chi connectivity index (χ4n) is 1.69. The summed E-state index contributed by atoms with van der Waals surface area (Å²) in [5.41, 5.74) is 1.60. The van der Waals surface area contributed by atoms with Crippen molar-refractivity contribution in [1.29, 1.82) is 0 Å². The van der Waals surface area contributed by atoms with Crippen molar-refractivity contribution in [3.63, 3.8) is 0 Å². The van der Waals surface area contributed by atoms with Crippen molar-refractivity contribution in [1.82, 2.24) is 10.3 Å². The van der Waals surface area contributed by atoms with Crippen molar-refractivity contribution in [3.05, 3.63) is 36.4 Å². The molecule has 1 aromatic rings. The molecule has 18 heavy (non-hydrogen) atoms. The standard InChI is InChI=1S/C12H13N3O3/c1-7(2)18-12(17)15-9-5-8-3-4-13-6-10(8)14-11(9)16/h3-4,6,9H,1,5H2,2H3,(H,14,16)(H,15,17). The Bertz CT molecular complexity index is 513. The molecule has 0 aromatic carbocycles. The average Bonchev–Trinajstić information content (AvgIpc) is 2.29. The number of aromatic nitrogens is 1. The van der Waals surface area contributed by atoms with Crippen LogP contribution in [-0.4, -0.2) is 23.0 Å². The summed E-state index contributed by atoms with van der Waals surface area (Å²) >= 11 is 0. The molecule has 2 amide bonds. The van der Waals surface area contributed by atoms with Crippen LogP contribution in [0, 0.1) is 0 Å². The number of rotatable bonds is 2. The molecule has 0 saturated carbocycles. The van der Waals surface area contributed by atoms with Crippen molar-refractivity contribution < 1.29 is 14.3 Å². The van der Waals surface area contributed by atoms with E-state index in [2.05, 4.69) is 22.2 Å². The van der Waals surface area contributed by atoms with Gasteiger partial charge < -0.3 is 15.4 Å². The van der Waals surface area contributed by atoms with E-state index in [1.54, 1.807) is 25.4 Å². The molecule has 1 aromatic heterocycles. The number of alkyl carbamates (subject to hydrolysis) is 1. The molecule has 1 unspecified atom stereocenters. The molecule has 1 atom stereocenters. The Labute approximate surface area is 104 Å². The van der Waals surface area contributed by atoms with Crippen LogP contribution in [0.4, 0.5) is 10.5 Å². The summed E-state index contributed by atoms with van der Waals surface area (Å²) in [5, 5.41) is 5.16. The molecular formula is C12H13N3O3. The minimum absolute atomic E-state index is 0.272. The molecule has 1 aliphatic rings. The number of carbonyl (C=O) groups is 2. The minimum atomic E-state index is -0.680. The Morgan fingerprint density at radius 3 is 3.17 bits per heavy atom. The van der Waals surface area contributed by atoms with E-state index in [1.165, 1.54) is 0 Å². The maximum atomic E-state index is 11.7. The highest BCUT2D eigenvalue weighted by Gasteiger charge is 2.27. The molecule has 0 saturated heterocycles. The molecule has 2 N–H and O–H groups in total. The minimum Gasteiger partial charge on any atom is -0.416 e. The molecule has 0 bridgehead atoms. The quantitative estimate of drug-likeness (QED) is 0.770. The van der Waals surface area contributed by atoms with Crippen molar-refractivity contribution in [2.45, 2.75) is 19.4 Å². The Hall–Kier alpha value is -2.37. The fourth-order valence-corrected chi connectivity index (χ4v) is 1.69. The van der Waals surface area contributed by atoms with Crippen molar-refractivity contribution in [2.75, 3.05) is 5.32 Å². The van der Waals surface area contributed by atoms with E-state index in [-0.39, 0.29) is 11.7 Å². The zero-order chi connectivity index (χ0) is 13.1. The lowest BCUT2D eigenvalue weighted by molar-refractivity contribution is -0.118. The van der Waals surface area contributed by atoms with Gasteiger partial charge in [-0.2, -0.15) is 0 Å². The smallest absolute Gasteiger partial charge is 0.412 e.